The molecule has 96 valence electrons. The van der Waals surface area contributed by atoms with E-state index in [-0.39, 0.29) is 6.04 Å². The molecule has 3 N–H and O–H groups in total. The lowest BCUT2D eigenvalue weighted by Gasteiger charge is -2.16. The summed E-state index contributed by atoms with van der Waals surface area (Å²) in [6.07, 6.45) is 5.59. The Balaban J connectivity index is 1.92. The SMILES string of the molecule is O=C(NC1CC=CC1)NC(C(=O)O)c1cccs1. The summed E-state index contributed by atoms with van der Waals surface area (Å²) in [5, 5.41) is 16.1. The average molecular weight is 266 g/mol. The molecule has 1 unspecified atom stereocenters. The molecule has 0 radical (unpaired) electrons. The van der Waals surface area contributed by atoms with E-state index in [1.54, 1.807) is 17.5 Å². The van der Waals surface area contributed by atoms with Gasteiger partial charge in [0.25, 0.3) is 0 Å². The zero-order valence-electron chi connectivity index (χ0n) is 9.63. The molecule has 0 aliphatic heterocycles. The zero-order valence-corrected chi connectivity index (χ0v) is 10.4. The van der Waals surface area contributed by atoms with Gasteiger partial charge in [0, 0.05) is 10.9 Å². The van der Waals surface area contributed by atoms with Gasteiger partial charge in [-0.3, -0.25) is 0 Å². The summed E-state index contributed by atoms with van der Waals surface area (Å²) in [6.45, 7) is 0. The Morgan fingerprint density at radius 2 is 2.11 bits per heavy atom. The number of aliphatic carboxylic acids is 1. The molecule has 6 heteroatoms. The molecule has 0 aromatic carbocycles. The molecule has 1 aromatic rings. The monoisotopic (exact) mass is 266 g/mol. The van der Waals surface area contributed by atoms with Gasteiger partial charge in [-0.1, -0.05) is 18.2 Å². The van der Waals surface area contributed by atoms with Crippen LogP contribution in [-0.4, -0.2) is 23.1 Å². The van der Waals surface area contributed by atoms with E-state index in [1.165, 1.54) is 11.3 Å². The highest BCUT2D eigenvalue weighted by Crippen LogP contribution is 2.19. The van der Waals surface area contributed by atoms with Gasteiger partial charge in [-0.25, -0.2) is 9.59 Å². The molecule has 1 aromatic heterocycles. The molecular weight excluding hydrogens is 252 g/mol. The van der Waals surface area contributed by atoms with E-state index in [9.17, 15) is 9.59 Å². The van der Waals surface area contributed by atoms with E-state index >= 15 is 0 Å². The van der Waals surface area contributed by atoms with Crippen LogP contribution in [0.2, 0.25) is 0 Å². The number of hydrogen-bond acceptors (Lipinski definition) is 3. The van der Waals surface area contributed by atoms with Crippen molar-refractivity contribution >= 4 is 23.3 Å². The van der Waals surface area contributed by atoms with Crippen molar-refractivity contribution in [1.29, 1.82) is 0 Å². The van der Waals surface area contributed by atoms with E-state index in [4.69, 9.17) is 5.11 Å². The van der Waals surface area contributed by atoms with Gasteiger partial charge in [-0.05, 0) is 24.3 Å². The van der Waals surface area contributed by atoms with Gasteiger partial charge in [0.05, 0.1) is 0 Å². The molecule has 0 bridgehead atoms. The molecule has 1 heterocycles. The molecule has 0 saturated carbocycles. The van der Waals surface area contributed by atoms with Crippen LogP contribution >= 0.6 is 11.3 Å². The molecule has 0 saturated heterocycles. The second-order valence-corrected chi connectivity index (χ2v) is 5.02. The third-order valence-electron chi connectivity index (χ3n) is 2.69. The molecule has 1 aliphatic carbocycles. The highest BCUT2D eigenvalue weighted by molar-refractivity contribution is 7.10. The Morgan fingerprint density at radius 1 is 1.39 bits per heavy atom. The van der Waals surface area contributed by atoms with Gasteiger partial charge in [0.1, 0.15) is 0 Å². The van der Waals surface area contributed by atoms with Gasteiger partial charge >= 0.3 is 12.0 Å². The van der Waals surface area contributed by atoms with Crippen LogP contribution in [0.5, 0.6) is 0 Å². The number of carboxylic acids is 1. The van der Waals surface area contributed by atoms with E-state index in [0.29, 0.717) is 4.88 Å². The van der Waals surface area contributed by atoms with Gasteiger partial charge in [0.15, 0.2) is 6.04 Å². The maximum Gasteiger partial charge on any atom is 0.331 e. The lowest BCUT2D eigenvalue weighted by Crippen LogP contribution is -2.44. The highest BCUT2D eigenvalue weighted by Gasteiger charge is 2.24. The van der Waals surface area contributed by atoms with Crippen LogP contribution in [-0.2, 0) is 4.79 Å². The van der Waals surface area contributed by atoms with E-state index in [2.05, 4.69) is 10.6 Å². The Bertz CT molecular complexity index is 448. The van der Waals surface area contributed by atoms with Gasteiger partial charge in [-0.2, -0.15) is 0 Å². The first-order chi connectivity index (χ1) is 8.66. The first-order valence-electron chi connectivity index (χ1n) is 5.65. The minimum atomic E-state index is -1.06. The number of urea groups is 1. The first-order valence-corrected chi connectivity index (χ1v) is 6.53. The number of carbonyl (C=O) groups is 2. The minimum absolute atomic E-state index is 0.0720. The van der Waals surface area contributed by atoms with Crippen molar-refractivity contribution in [1.82, 2.24) is 10.6 Å². The summed E-state index contributed by atoms with van der Waals surface area (Å²) >= 11 is 1.31. The number of thiophene rings is 1. The van der Waals surface area contributed by atoms with E-state index < -0.39 is 18.0 Å². The maximum absolute atomic E-state index is 11.7. The molecule has 0 spiro atoms. The van der Waals surface area contributed by atoms with Gasteiger partial charge < -0.3 is 15.7 Å². The molecule has 1 aliphatic rings. The summed E-state index contributed by atoms with van der Waals surface area (Å²) in [5.41, 5.74) is 0. The molecule has 2 amide bonds. The largest absolute Gasteiger partial charge is 0.479 e. The fraction of sp³-hybridized carbons (Fsp3) is 0.333. The fourth-order valence-corrected chi connectivity index (χ4v) is 2.57. The normalized spacial score (nSPS) is 16.4. The number of carboxylic acid groups (broad SMARTS) is 1. The Hall–Kier alpha value is -1.82. The van der Waals surface area contributed by atoms with Crippen LogP contribution in [0.4, 0.5) is 4.79 Å². The predicted octanol–water partition coefficient (Wildman–Crippen LogP) is 1.89. The van der Waals surface area contributed by atoms with Crippen molar-refractivity contribution in [2.75, 3.05) is 0 Å². The lowest BCUT2D eigenvalue weighted by molar-refractivity contribution is -0.139. The smallest absolute Gasteiger partial charge is 0.331 e. The molecular formula is C12H14N2O3S. The molecule has 2 rings (SSSR count). The highest BCUT2D eigenvalue weighted by atomic mass is 32.1. The number of carbonyl (C=O) groups excluding carboxylic acids is 1. The van der Waals surface area contributed by atoms with Crippen molar-refractivity contribution in [3.05, 3.63) is 34.5 Å². The molecule has 0 fully saturated rings. The Kier molecular flexibility index (Phi) is 3.99. The summed E-state index contributed by atoms with van der Waals surface area (Å²) in [5.74, 6) is -1.06. The number of hydrogen-bond donors (Lipinski definition) is 3. The first kappa shape index (κ1) is 12.6. The van der Waals surface area contributed by atoms with Gasteiger partial charge in [0.2, 0.25) is 0 Å². The Morgan fingerprint density at radius 3 is 2.67 bits per heavy atom. The Labute approximate surface area is 109 Å². The van der Waals surface area contributed by atoms with Gasteiger partial charge in [-0.15, -0.1) is 11.3 Å². The summed E-state index contributed by atoms with van der Waals surface area (Å²) in [4.78, 5) is 23.4. The van der Waals surface area contributed by atoms with Crippen molar-refractivity contribution in [2.45, 2.75) is 24.9 Å². The average Bonchev–Trinajstić information content (AvgIpc) is 2.97. The molecule has 18 heavy (non-hydrogen) atoms. The molecule has 5 nitrogen and oxygen atoms in total. The van der Waals surface area contributed by atoms with E-state index in [0.717, 1.165) is 12.8 Å². The number of amides is 2. The van der Waals surface area contributed by atoms with Crippen LogP contribution in [0.3, 0.4) is 0 Å². The third kappa shape index (κ3) is 3.10. The second kappa shape index (κ2) is 5.68. The maximum atomic E-state index is 11.7. The molecule has 1 atom stereocenters. The quantitative estimate of drug-likeness (QED) is 0.728. The minimum Gasteiger partial charge on any atom is -0.479 e. The lowest BCUT2D eigenvalue weighted by atomic mass is 10.2. The van der Waals surface area contributed by atoms with Crippen LogP contribution in [0.15, 0.2) is 29.7 Å². The summed E-state index contributed by atoms with van der Waals surface area (Å²) < 4.78 is 0. The summed E-state index contributed by atoms with van der Waals surface area (Å²) in [6, 6.07) is 2.10. The van der Waals surface area contributed by atoms with Crippen molar-refractivity contribution < 1.29 is 14.7 Å². The summed E-state index contributed by atoms with van der Waals surface area (Å²) in [7, 11) is 0. The predicted molar refractivity (Wildman–Crippen MR) is 68.5 cm³/mol. The van der Waals surface area contributed by atoms with E-state index in [1.807, 2.05) is 12.2 Å². The number of nitrogens with one attached hydrogen (secondary N) is 2. The zero-order chi connectivity index (χ0) is 13.0. The van der Waals surface area contributed by atoms with Crippen LogP contribution < -0.4 is 10.6 Å². The third-order valence-corrected chi connectivity index (χ3v) is 3.63. The number of rotatable bonds is 4. The van der Waals surface area contributed by atoms with Crippen LogP contribution in [0, 0.1) is 0 Å². The topological polar surface area (TPSA) is 78.4 Å². The van der Waals surface area contributed by atoms with Crippen LogP contribution in [0.25, 0.3) is 0 Å². The van der Waals surface area contributed by atoms with Crippen LogP contribution in [0.1, 0.15) is 23.8 Å². The fourth-order valence-electron chi connectivity index (χ4n) is 1.80. The van der Waals surface area contributed by atoms with Crippen molar-refractivity contribution in [3.63, 3.8) is 0 Å². The second-order valence-electron chi connectivity index (χ2n) is 4.04. The standard InChI is InChI=1S/C12H14N2O3S/c15-11(16)10(9-6-3-7-18-9)14-12(17)13-8-4-1-2-5-8/h1-3,6-8,10H,4-5H2,(H,15,16)(H2,13,14,17). The van der Waals surface area contributed by atoms with Crippen molar-refractivity contribution in [3.8, 4) is 0 Å². The van der Waals surface area contributed by atoms with Crippen molar-refractivity contribution in [2.24, 2.45) is 0 Å².